The molecule has 2 aromatic heterocycles. The Kier molecular flexibility index (Phi) is 5.75. The van der Waals surface area contributed by atoms with Gasteiger partial charge in [-0.05, 0) is 36.4 Å². The quantitative estimate of drug-likeness (QED) is 0.311. The van der Waals surface area contributed by atoms with E-state index >= 15 is 0 Å². The van der Waals surface area contributed by atoms with Gasteiger partial charge in [0.15, 0.2) is 23.1 Å². The van der Waals surface area contributed by atoms with Crippen molar-refractivity contribution in [3.63, 3.8) is 0 Å². The maximum atomic E-state index is 14.3. The summed E-state index contributed by atoms with van der Waals surface area (Å²) in [5.74, 6) is 0.794. The van der Waals surface area contributed by atoms with Crippen molar-refractivity contribution in [2.24, 2.45) is 0 Å². The van der Waals surface area contributed by atoms with Gasteiger partial charge in [-0.25, -0.2) is 9.37 Å². The number of halogens is 1. The van der Waals surface area contributed by atoms with Crippen molar-refractivity contribution in [2.45, 2.75) is 19.4 Å². The summed E-state index contributed by atoms with van der Waals surface area (Å²) in [6.45, 7) is 0.329. The van der Waals surface area contributed by atoms with Crippen molar-refractivity contribution in [3.05, 3.63) is 70.5 Å². The number of nitrogens with zero attached hydrogens (tertiary/aromatic N) is 1. The Morgan fingerprint density at radius 3 is 2.62 bits per heavy atom. The number of carbonyl (C=O) groups is 2. The van der Waals surface area contributed by atoms with Crippen LogP contribution in [0.2, 0.25) is 0 Å². The Balaban J connectivity index is 1.38. The molecular weight excluding hydrogens is 457 g/mol. The van der Waals surface area contributed by atoms with Gasteiger partial charge >= 0.3 is 0 Å². The van der Waals surface area contributed by atoms with Crippen LogP contribution in [0.5, 0.6) is 17.2 Å². The SMILES string of the molecule is COc1ccc(C(=O)CCC(=O)c2ccc3c(n2)-c2c(sc4c(F)cccc24)CO3)cc1OC. The van der Waals surface area contributed by atoms with Crippen LogP contribution in [0.1, 0.15) is 38.6 Å². The number of pyridine rings is 1. The van der Waals surface area contributed by atoms with Crippen LogP contribution in [0.15, 0.2) is 48.5 Å². The Bertz CT molecular complexity index is 1440. The molecule has 0 fully saturated rings. The van der Waals surface area contributed by atoms with E-state index in [-0.39, 0.29) is 35.9 Å². The summed E-state index contributed by atoms with van der Waals surface area (Å²) < 4.78 is 31.1. The maximum absolute atomic E-state index is 14.3. The van der Waals surface area contributed by atoms with Crippen molar-refractivity contribution < 1.29 is 28.2 Å². The van der Waals surface area contributed by atoms with Gasteiger partial charge in [0.05, 0.1) is 23.8 Å². The van der Waals surface area contributed by atoms with E-state index in [0.717, 1.165) is 15.8 Å². The minimum Gasteiger partial charge on any atom is -0.493 e. The molecule has 0 saturated heterocycles. The van der Waals surface area contributed by atoms with Crippen molar-refractivity contribution in [3.8, 4) is 28.5 Å². The zero-order valence-corrected chi connectivity index (χ0v) is 19.3. The molecule has 0 spiro atoms. The molecule has 0 amide bonds. The molecule has 4 aromatic rings. The topological polar surface area (TPSA) is 74.7 Å². The molecular formula is C26H20FNO5S. The van der Waals surface area contributed by atoms with Gasteiger partial charge in [0.25, 0.3) is 0 Å². The summed E-state index contributed by atoms with van der Waals surface area (Å²) in [5, 5.41) is 0.755. The van der Waals surface area contributed by atoms with Gasteiger partial charge in [0, 0.05) is 29.4 Å². The third-order valence-electron chi connectivity index (χ3n) is 5.76. The number of Topliss-reactive ketones (excluding diaryl/α,β-unsaturated/α-hetero) is 2. The van der Waals surface area contributed by atoms with Crippen LogP contribution in [0, 0.1) is 5.82 Å². The number of methoxy groups -OCH3 is 2. The third kappa shape index (κ3) is 3.80. The number of thiophene rings is 1. The van der Waals surface area contributed by atoms with Crippen LogP contribution in [0.4, 0.5) is 4.39 Å². The van der Waals surface area contributed by atoms with Crippen molar-refractivity contribution in [2.75, 3.05) is 14.2 Å². The lowest BCUT2D eigenvalue weighted by atomic mass is 10.0. The van der Waals surface area contributed by atoms with E-state index in [9.17, 15) is 14.0 Å². The zero-order chi connectivity index (χ0) is 23.8. The Morgan fingerprint density at radius 2 is 1.82 bits per heavy atom. The Hall–Kier alpha value is -3.78. The van der Waals surface area contributed by atoms with Crippen molar-refractivity contribution >= 4 is 33.0 Å². The van der Waals surface area contributed by atoms with E-state index in [4.69, 9.17) is 14.2 Å². The average molecular weight is 478 g/mol. The van der Waals surface area contributed by atoms with E-state index in [1.807, 2.05) is 6.07 Å². The zero-order valence-electron chi connectivity index (χ0n) is 18.5. The predicted octanol–water partition coefficient (Wildman–Crippen LogP) is 5.86. The van der Waals surface area contributed by atoms with Crippen LogP contribution >= 0.6 is 11.3 Å². The summed E-state index contributed by atoms with van der Waals surface area (Å²) in [7, 11) is 3.02. The number of rotatable bonds is 7. The maximum Gasteiger partial charge on any atom is 0.181 e. The molecule has 6 nitrogen and oxygen atoms in total. The second kappa shape index (κ2) is 8.87. The lowest BCUT2D eigenvalue weighted by Gasteiger charge is -2.17. The van der Waals surface area contributed by atoms with Crippen LogP contribution < -0.4 is 14.2 Å². The largest absolute Gasteiger partial charge is 0.493 e. The number of hydrogen-bond acceptors (Lipinski definition) is 7. The fourth-order valence-electron chi connectivity index (χ4n) is 4.04. The highest BCUT2D eigenvalue weighted by atomic mass is 32.1. The van der Waals surface area contributed by atoms with Gasteiger partial charge < -0.3 is 14.2 Å². The van der Waals surface area contributed by atoms with E-state index in [2.05, 4.69) is 4.98 Å². The first kappa shape index (κ1) is 22.0. The number of hydrogen-bond donors (Lipinski definition) is 0. The van der Waals surface area contributed by atoms with Gasteiger partial charge in [-0.1, -0.05) is 12.1 Å². The fraction of sp³-hybridized carbons (Fsp3) is 0.192. The monoisotopic (exact) mass is 477 g/mol. The van der Waals surface area contributed by atoms with Gasteiger partial charge in [-0.15, -0.1) is 11.3 Å². The molecule has 0 saturated carbocycles. The highest BCUT2D eigenvalue weighted by Gasteiger charge is 2.26. The predicted molar refractivity (Wildman–Crippen MR) is 127 cm³/mol. The summed E-state index contributed by atoms with van der Waals surface area (Å²) in [4.78, 5) is 31.0. The highest BCUT2D eigenvalue weighted by Crippen LogP contribution is 2.45. The second-order valence-corrected chi connectivity index (χ2v) is 8.87. The molecule has 2 aromatic carbocycles. The molecule has 0 radical (unpaired) electrons. The molecule has 8 heteroatoms. The summed E-state index contributed by atoms with van der Waals surface area (Å²) in [5.41, 5.74) is 2.01. The van der Waals surface area contributed by atoms with E-state index < -0.39 is 0 Å². The fourth-order valence-corrected chi connectivity index (χ4v) is 5.16. The van der Waals surface area contributed by atoms with Crippen LogP contribution in [0.25, 0.3) is 21.3 Å². The Morgan fingerprint density at radius 1 is 1.03 bits per heavy atom. The molecule has 0 atom stereocenters. The van der Waals surface area contributed by atoms with Gasteiger partial charge in [-0.3, -0.25) is 9.59 Å². The average Bonchev–Trinajstić information content (AvgIpc) is 3.27. The number of benzene rings is 2. The number of ether oxygens (including phenoxy) is 3. The molecule has 0 aliphatic carbocycles. The highest BCUT2D eigenvalue weighted by molar-refractivity contribution is 7.19. The van der Waals surface area contributed by atoms with Crippen molar-refractivity contribution in [1.82, 2.24) is 4.98 Å². The number of aromatic nitrogens is 1. The number of ketones is 2. The van der Waals surface area contributed by atoms with Gasteiger partial charge in [-0.2, -0.15) is 0 Å². The lowest BCUT2D eigenvalue weighted by molar-refractivity contribution is 0.0914. The van der Waals surface area contributed by atoms with Crippen molar-refractivity contribution in [1.29, 1.82) is 0 Å². The van der Waals surface area contributed by atoms with Crippen LogP contribution in [0.3, 0.4) is 0 Å². The molecule has 5 rings (SSSR count). The first-order valence-corrected chi connectivity index (χ1v) is 11.4. The molecule has 172 valence electrons. The summed E-state index contributed by atoms with van der Waals surface area (Å²) in [6, 6.07) is 13.1. The third-order valence-corrected chi connectivity index (χ3v) is 6.95. The molecule has 0 N–H and O–H groups in total. The summed E-state index contributed by atoms with van der Waals surface area (Å²) >= 11 is 1.33. The number of fused-ring (bicyclic) bond motifs is 5. The lowest BCUT2D eigenvalue weighted by Crippen LogP contribution is -2.10. The van der Waals surface area contributed by atoms with Gasteiger partial charge in [0.2, 0.25) is 0 Å². The second-order valence-electron chi connectivity index (χ2n) is 7.76. The van der Waals surface area contributed by atoms with E-state index in [1.165, 1.54) is 31.6 Å². The van der Waals surface area contributed by atoms with E-state index in [1.54, 1.807) is 36.4 Å². The summed E-state index contributed by atoms with van der Waals surface area (Å²) in [6.07, 6.45) is 0.0348. The minimum absolute atomic E-state index is 0.00565. The molecule has 0 unspecified atom stereocenters. The molecule has 34 heavy (non-hydrogen) atoms. The van der Waals surface area contributed by atoms with Crippen LogP contribution in [-0.4, -0.2) is 30.8 Å². The smallest absolute Gasteiger partial charge is 0.181 e. The minimum atomic E-state index is -0.292. The normalized spacial score (nSPS) is 12.0. The van der Waals surface area contributed by atoms with Gasteiger partial charge in [0.1, 0.15) is 29.6 Å². The standard InChI is InChI=1S/C26H20FNO5S/c1-31-20-10-6-14(12-22(20)32-2)18(29)8-9-19(30)17-7-11-21-25(28-17)24-15-4-3-5-16(27)26(15)34-23(24)13-33-21/h3-7,10-12H,8-9,13H2,1-2H3. The molecule has 0 bridgehead atoms. The van der Waals surface area contributed by atoms with Crippen LogP contribution in [-0.2, 0) is 6.61 Å². The number of carbonyl (C=O) groups excluding carboxylic acids is 2. The molecule has 1 aliphatic heterocycles. The first-order chi connectivity index (χ1) is 16.5. The Labute approximate surface area is 198 Å². The first-order valence-electron chi connectivity index (χ1n) is 10.6. The molecule has 3 heterocycles. The van der Waals surface area contributed by atoms with E-state index in [0.29, 0.717) is 39.8 Å². The molecule has 1 aliphatic rings.